The molecule has 0 saturated carbocycles. The first-order valence-electron chi connectivity index (χ1n) is 8.72. The van der Waals surface area contributed by atoms with Gasteiger partial charge in [0.05, 0.1) is 5.56 Å². The fourth-order valence-corrected chi connectivity index (χ4v) is 3.46. The van der Waals surface area contributed by atoms with Crippen molar-refractivity contribution in [3.63, 3.8) is 0 Å². The number of halogens is 3. The van der Waals surface area contributed by atoms with Crippen LogP contribution in [-0.2, 0) is 24.0 Å². The number of hydrogen-bond donors (Lipinski definition) is 3. The average Bonchev–Trinajstić information content (AvgIpc) is 3.04. The van der Waals surface area contributed by atoms with Crippen molar-refractivity contribution in [3.8, 4) is 5.75 Å². The first-order valence-corrected chi connectivity index (χ1v) is 8.72. The molecule has 8 heteroatoms. The minimum atomic E-state index is -4.36. The van der Waals surface area contributed by atoms with Gasteiger partial charge in [-0.2, -0.15) is 13.2 Å². The van der Waals surface area contributed by atoms with Gasteiger partial charge in [0.25, 0.3) is 0 Å². The lowest BCUT2D eigenvalue weighted by Gasteiger charge is -2.20. The van der Waals surface area contributed by atoms with E-state index in [0.717, 1.165) is 28.6 Å². The molecule has 146 valence electrons. The van der Waals surface area contributed by atoms with Crippen LogP contribution in [0.1, 0.15) is 28.4 Å². The van der Waals surface area contributed by atoms with Gasteiger partial charge in [-0.3, -0.25) is 10.1 Å². The minimum Gasteiger partial charge on any atom is -0.489 e. The molecular formula is C20H17F3N2O3. The third kappa shape index (κ3) is 3.43. The number of hydrogen-bond acceptors (Lipinski definition) is 3. The van der Waals surface area contributed by atoms with E-state index in [9.17, 15) is 23.1 Å². The molecule has 0 aliphatic carbocycles. The van der Waals surface area contributed by atoms with Gasteiger partial charge in [0.1, 0.15) is 18.4 Å². The molecular weight excluding hydrogens is 373 g/mol. The van der Waals surface area contributed by atoms with Crippen LogP contribution in [0, 0.1) is 0 Å². The van der Waals surface area contributed by atoms with Gasteiger partial charge in [-0.05, 0) is 47.9 Å². The van der Waals surface area contributed by atoms with Gasteiger partial charge in [0, 0.05) is 23.1 Å². The predicted octanol–water partition coefficient (Wildman–Crippen LogP) is 4.04. The molecule has 3 N–H and O–H groups in total. The second-order valence-electron chi connectivity index (χ2n) is 6.68. The first-order chi connectivity index (χ1) is 13.3. The number of H-pyrrole nitrogens is 1. The number of ether oxygens (including phenoxy) is 1. The topological polar surface area (TPSA) is 74.4 Å². The maximum atomic E-state index is 12.6. The maximum absolute atomic E-state index is 12.6. The summed E-state index contributed by atoms with van der Waals surface area (Å²) >= 11 is 0. The zero-order chi connectivity index (χ0) is 19.9. The summed E-state index contributed by atoms with van der Waals surface area (Å²) in [5.74, 6) is -0.370. The largest absolute Gasteiger partial charge is 0.489 e. The fraction of sp³-hybridized carbons (Fsp3) is 0.250. The van der Waals surface area contributed by atoms with Crippen LogP contribution in [0.2, 0.25) is 0 Å². The van der Waals surface area contributed by atoms with Crippen LogP contribution in [0.25, 0.3) is 10.9 Å². The first kappa shape index (κ1) is 18.4. The number of alkyl halides is 3. The number of nitrogens with one attached hydrogen (secondary N) is 2. The summed E-state index contributed by atoms with van der Waals surface area (Å²) in [6.07, 6.45) is -3.66. The molecule has 0 amide bonds. The van der Waals surface area contributed by atoms with Crippen molar-refractivity contribution < 1.29 is 27.8 Å². The van der Waals surface area contributed by atoms with Gasteiger partial charge in [0.15, 0.2) is 0 Å². The Labute approximate surface area is 158 Å². The van der Waals surface area contributed by atoms with Gasteiger partial charge >= 0.3 is 12.1 Å². The SMILES string of the molecule is O=C(O)C1NCCc2c1[nH]c1ccc(OCc3ccc(C(F)(F)F)cc3)cc21. The molecule has 1 aliphatic heterocycles. The quantitative estimate of drug-likeness (QED) is 0.629. The lowest BCUT2D eigenvalue weighted by Crippen LogP contribution is -2.34. The van der Waals surface area contributed by atoms with E-state index in [4.69, 9.17) is 4.74 Å². The molecule has 1 aliphatic rings. The smallest absolute Gasteiger partial charge is 0.416 e. The van der Waals surface area contributed by atoms with Crippen molar-refractivity contribution in [1.82, 2.24) is 10.3 Å². The normalized spacial score (nSPS) is 16.8. The summed E-state index contributed by atoms with van der Waals surface area (Å²) in [4.78, 5) is 14.6. The molecule has 0 radical (unpaired) electrons. The van der Waals surface area contributed by atoms with E-state index >= 15 is 0 Å². The number of rotatable bonds is 4. The van der Waals surface area contributed by atoms with E-state index in [1.165, 1.54) is 12.1 Å². The zero-order valence-electron chi connectivity index (χ0n) is 14.6. The van der Waals surface area contributed by atoms with Crippen molar-refractivity contribution in [2.24, 2.45) is 0 Å². The predicted molar refractivity (Wildman–Crippen MR) is 96.2 cm³/mol. The Kier molecular flexibility index (Phi) is 4.50. The number of aliphatic carboxylic acids is 1. The van der Waals surface area contributed by atoms with E-state index in [1.807, 2.05) is 12.1 Å². The molecule has 0 bridgehead atoms. The Morgan fingerprint density at radius 3 is 2.61 bits per heavy atom. The standard InChI is InChI=1S/C20H17F3N2O3/c21-20(22,23)12-3-1-11(2-4-12)10-28-13-5-6-16-15(9-13)14-7-8-24-18(19(26)27)17(14)25-16/h1-6,9,18,24-25H,7-8,10H2,(H,26,27). The molecule has 5 nitrogen and oxygen atoms in total. The number of aromatic nitrogens is 1. The summed E-state index contributed by atoms with van der Waals surface area (Å²) in [6.45, 7) is 0.698. The molecule has 2 heterocycles. The number of fused-ring (bicyclic) bond motifs is 3. The molecule has 3 aromatic rings. The van der Waals surface area contributed by atoms with Crippen LogP contribution >= 0.6 is 0 Å². The fourth-order valence-electron chi connectivity index (χ4n) is 3.46. The van der Waals surface area contributed by atoms with Crippen LogP contribution in [0.3, 0.4) is 0 Å². The van der Waals surface area contributed by atoms with Gasteiger partial charge in [0.2, 0.25) is 0 Å². The number of aromatic amines is 1. The van der Waals surface area contributed by atoms with E-state index < -0.39 is 23.8 Å². The van der Waals surface area contributed by atoms with E-state index in [0.29, 0.717) is 30.0 Å². The molecule has 0 spiro atoms. The van der Waals surface area contributed by atoms with Gasteiger partial charge in [-0.25, -0.2) is 0 Å². The van der Waals surface area contributed by atoms with Crippen molar-refractivity contribution in [1.29, 1.82) is 0 Å². The van der Waals surface area contributed by atoms with E-state index in [1.54, 1.807) is 6.07 Å². The lowest BCUT2D eigenvalue weighted by atomic mass is 9.99. The molecule has 1 atom stereocenters. The van der Waals surface area contributed by atoms with Crippen LogP contribution < -0.4 is 10.1 Å². The second kappa shape index (κ2) is 6.87. The summed E-state index contributed by atoms with van der Waals surface area (Å²) < 4.78 is 43.6. The number of benzene rings is 2. The van der Waals surface area contributed by atoms with Crippen molar-refractivity contribution in [3.05, 3.63) is 64.8 Å². The minimum absolute atomic E-state index is 0.134. The summed E-state index contributed by atoms with van der Waals surface area (Å²) in [7, 11) is 0. The Morgan fingerprint density at radius 2 is 1.93 bits per heavy atom. The molecule has 0 fully saturated rings. The molecule has 1 aromatic heterocycles. The summed E-state index contributed by atoms with van der Waals surface area (Å²) in [5, 5.41) is 13.2. The van der Waals surface area contributed by atoms with E-state index in [-0.39, 0.29) is 6.61 Å². The van der Waals surface area contributed by atoms with Crippen molar-refractivity contribution >= 4 is 16.9 Å². The van der Waals surface area contributed by atoms with Crippen LogP contribution in [0.5, 0.6) is 5.75 Å². The second-order valence-corrected chi connectivity index (χ2v) is 6.68. The highest BCUT2D eigenvalue weighted by molar-refractivity contribution is 5.89. The van der Waals surface area contributed by atoms with Crippen molar-refractivity contribution in [2.45, 2.75) is 25.2 Å². The van der Waals surface area contributed by atoms with Gasteiger partial charge in [-0.15, -0.1) is 0 Å². The Morgan fingerprint density at radius 1 is 1.18 bits per heavy atom. The maximum Gasteiger partial charge on any atom is 0.416 e. The van der Waals surface area contributed by atoms with Gasteiger partial charge in [-0.1, -0.05) is 12.1 Å². The van der Waals surface area contributed by atoms with Crippen LogP contribution in [0.4, 0.5) is 13.2 Å². The molecule has 2 aromatic carbocycles. The average molecular weight is 390 g/mol. The van der Waals surface area contributed by atoms with E-state index in [2.05, 4.69) is 10.3 Å². The van der Waals surface area contributed by atoms with Crippen molar-refractivity contribution in [2.75, 3.05) is 6.54 Å². The van der Waals surface area contributed by atoms with Gasteiger partial charge < -0.3 is 14.8 Å². The van der Waals surface area contributed by atoms with Crippen LogP contribution in [-0.4, -0.2) is 22.6 Å². The number of carbonyl (C=O) groups is 1. The molecule has 0 saturated heterocycles. The zero-order valence-corrected chi connectivity index (χ0v) is 14.6. The summed E-state index contributed by atoms with van der Waals surface area (Å²) in [6, 6.07) is 9.47. The monoisotopic (exact) mass is 390 g/mol. The lowest BCUT2D eigenvalue weighted by molar-refractivity contribution is -0.140. The highest BCUT2D eigenvalue weighted by atomic mass is 19.4. The third-order valence-corrected chi connectivity index (χ3v) is 4.86. The Hall–Kier alpha value is -3.00. The highest BCUT2D eigenvalue weighted by Gasteiger charge is 2.30. The third-order valence-electron chi connectivity index (χ3n) is 4.86. The highest BCUT2D eigenvalue weighted by Crippen LogP contribution is 2.33. The molecule has 28 heavy (non-hydrogen) atoms. The summed E-state index contributed by atoms with van der Waals surface area (Å²) in [5.41, 5.74) is 2.34. The number of carboxylic acid groups (broad SMARTS) is 1. The number of carboxylic acids is 1. The Bertz CT molecular complexity index is 1030. The molecule has 4 rings (SSSR count). The van der Waals surface area contributed by atoms with Crippen LogP contribution in [0.15, 0.2) is 42.5 Å². The Balaban J connectivity index is 1.54. The molecule has 1 unspecified atom stereocenters.